The normalized spacial score (nSPS) is 9.00. The van der Waals surface area contributed by atoms with E-state index in [-0.39, 0.29) is 5.78 Å². The minimum Gasteiger partial charge on any atom is -0.289 e. The summed E-state index contributed by atoms with van der Waals surface area (Å²) in [6.07, 6.45) is -1.83. The summed E-state index contributed by atoms with van der Waals surface area (Å²) in [4.78, 5) is 11.8. The predicted octanol–water partition coefficient (Wildman–Crippen LogP) is 4.31. The van der Waals surface area contributed by atoms with Gasteiger partial charge in [-0.2, -0.15) is 8.78 Å². The molecule has 0 fully saturated rings. The van der Waals surface area contributed by atoms with Crippen LogP contribution in [-0.2, 0) is 0 Å². The summed E-state index contributed by atoms with van der Waals surface area (Å²) in [5, 5.41) is 0. The van der Waals surface area contributed by atoms with E-state index in [1.165, 1.54) is 0 Å². The summed E-state index contributed by atoms with van der Waals surface area (Å²) in [5.74, 6) is 0.0752. The summed E-state index contributed by atoms with van der Waals surface area (Å²) < 4.78 is 20.3. The summed E-state index contributed by atoms with van der Waals surface area (Å²) in [7, 11) is 0. The largest absolute Gasteiger partial charge is 0.289 e. The maximum atomic E-state index is 11.8. The molecule has 0 unspecified atom stereocenters. The molecule has 0 spiro atoms. The fraction of sp³-hybridized carbons (Fsp3) is 0. The molecule has 0 amide bonds. The van der Waals surface area contributed by atoms with E-state index in [2.05, 4.69) is 6.58 Å². The SMILES string of the molecule is C=C(F)F.O=C(c1ccccc1)c1ccccc1. The number of rotatable bonds is 2. The molecular weight excluding hydrogens is 234 g/mol. The number of hydrogen-bond donors (Lipinski definition) is 0. The second-order valence-electron chi connectivity index (χ2n) is 3.40. The molecule has 2 aromatic rings. The first-order chi connectivity index (χ1) is 8.61. The first-order valence-corrected chi connectivity index (χ1v) is 5.26. The van der Waals surface area contributed by atoms with Crippen molar-refractivity contribution in [3.8, 4) is 0 Å². The lowest BCUT2D eigenvalue weighted by atomic mass is 10.0. The Balaban J connectivity index is 0.000000357. The quantitative estimate of drug-likeness (QED) is 0.721. The molecule has 1 nitrogen and oxygen atoms in total. The van der Waals surface area contributed by atoms with E-state index in [0.29, 0.717) is 0 Å². The number of ketones is 1. The molecule has 0 saturated heterocycles. The first kappa shape index (κ1) is 13.8. The van der Waals surface area contributed by atoms with Crippen LogP contribution in [0.4, 0.5) is 8.78 Å². The third kappa shape index (κ3) is 4.70. The lowest BCUT2D eigenvalue weighted by Gasteiger charge is -1.99. The van der Waals surface area contributed by atoms with Crippen LogP contribution in [0.15, 0.2) is 73.3 Å². The van der Waals surface area contributed by atoms with Gasteiger partial charge in [0, 0.05) is 11.1 Å². The Hall–Kier alpha value is -2.29. The minimum atomic E-state index is -1.83. The van der Waals surface area contributed by atoms with E-state index >= 15 is 0 Å². The first-order valence-electron chi connectivity index (χ1n) is 5.26. The summed E-state index contributed by atoms with van der Waals surface area (Å²) in [6, 6.07) is 18.6. The number of carbonyl (C=O) groups is 1. The Morgan fingerprint density at radius 3 is 1.33 bits per heavy atom. The Kier molecular flexibility index (Phi) is 5.45. The Morgan fingerprint density at radius 1 is 0.778 bits per heavy atom. The van der Waals surface area contributed by atoms with Crippen LogP contribution < -0.4 is 0 Å². The van der Waals surface area contributed by atoms with Crippen LogP contribution in [0.5, 0.6) is 0 Å². The Bertz CT molecular complexity index is 461. The van der Waals surface area contributed by atoms with Gasteiger partial charge in [-0.3, -0.25) is 4.79 Å². The number of hydrogen-bond acceptors (Lipinski definition) is 1. The van der Waals surface area contributed by atoms with Crippen molar-refractivity contribution in [2.75, 3.05) is 0 Å². The van der Waals surface area contributed by atoms with Crippen LogP contribution in [-0.4, -0.2) is 5.78 Å². The van der Waals surface area contributed by atoms with E-state index in [9.17, 15) is 13.6 Å². The van der Waals surface area contributed by atoms with Crippen LogP contribution in [0.2, 0.25) is 0 Å². The fourth-order valence-corrected chi connectivity index (χ4v) is 1.35. The topological polar surface area (TPSA) is 17.1 Å². The van der Waals surface area contributed by atoms with Gasteiger partial charge in [0.1, 0.15) is 0 Å². The molecule has 2 aromatic carbocycles. The standard InChI is InChI=1S/C13H10O.C2H2F2/c14-13(11-7-3-1-4-8-11)12-9-5-2-6-10-12;1-2(3)4/h1-10H;1H2. The molecule has 0 saturated carbocycles. The summed E-state index contributed by atoms with van der Waals surface area (Å²) in [6.45, 7) is 2.22. The van der Waals surface area contributed by atoms with E-state index in [0.717, 1.165) is 11.1 Å². The van der Waals surface area contributed by atoms with Crippen molar-refractivity contribution in [2.24, 2.45) is 0 Å². The fourth-order valence-electron chi connectivity index (χ4n) is 1.35. The van der Waals surface area contributed by atoms with Gasteiger partial charge < -0.3 is 0 Å². The van der Waals surface area contributed by atoms with Gasteiger partial charge in [-0.15, -0.1) is 0 Å². The van der Waals surface area contributed by atoms with Gasteiger partial charge >= 0.3 is 0 Å². The van der Waals surface area contributed by atoms with E-state index in [4.69, 9.17) is 0 Å². The average molecular weight is 246 g/mol. The molecule has 0 heterocycles. The lowest BCUT2D eigenvalue weighted by molar-refractivity contribution is 0.103. The highest BCUT2D eigenvalue weighted by atomic mass is 19.3. The highest BCUT2D eigenvalue weighted by molar-refractivity contribution is 6.08. The lowest BCUT2D eigenvalue weighted by Crippen LogP contribution is -1.99. The zero-order chi connectivity index (χ0) is 13.4. The Morgan fingerprint density at radius 2 is 1.06 bits per heavy atom. The van der Waals surface area contributed by atoms with Crippen molar-refractivity contribution in [1.29, 1.82) is 0 Å². The molecular formula is C15H12F2O. The zero-order valence-electron chi connectivity index (χ0n) is 9.64. The molecule has 0 bridgehead atoms. The zero-order valence-corrected chi connectivity index (χ0v) is 9.64. The molecule has 3 heteroatoms. The van der Waals surface area contributed by atoms with Crippen LogP contribution in [0, 0.1) is 0 Å². The van der Waals surface area contributed by atoms with Gasteiger partial charge in [0.15, 0.2) is 5.78 Å². The van der Waals surface area contributed by atoms with Crippen molar-refractivity contribution < 1.29 is 13.6 Å². The molecule has 0 atom stereocenters. The summed E-state index contributed by atoms with van der Waals surface area (Å²) in [5.41, 5.74) is 1.47. The molecule has 0 aliphatic rings. The second-order valence-corrected chi connectivity index (χ2v) is 3.40. The molecule has 0 aliphatic carbocycles. The van der Waals surface area contributed by atoms with Crippen molar-refractivity contribution in [3.05, 3.63) is 84.5 Å². The van der Waals surface area contributed by atoms with Crippen LogP contribution >= 0.6 is 0 Å². The smallest absolute Gasteiger partial charge is 0.263 e. The van der Waals surface area contributed by atoms with E-state index in [1.807, 2.05) is 60.7 Å². The minimum absolute atomic E-state index is 0.0752. The van der Waals surface area contributed by atoms with Crippen LogP contribution in [0.25, 0.3) is 0 Å². The maximum Gasteiger partial charge on any atom is 0.263 e. The maximum absolute atomic E-state index is 11.8. The highest BCUT2D eigenvalue weighted by Crippen LogP contribution is 2.08. The third-order valence-electron chi connectivity index (χ3n) is 2.07. The van der Waals surface area contributed by atoms with Gasteiger partial charge in [-0.1, -0.05) is 60.7 Å². The summed E-state index contributed by atoms with van der Waals surface area (Å²) >= 11 is 0. The Labute approximate surface area is 104 Å². The van der Waals surface area contributed by atoms with Gasteiger partial charge in [0.2, 0.25) is 0 Å². The molecule has 2 rings (SSSR count). The molecule has 18 heavy (non-hydrogen) atoms. The number of halogens is 2. The van der Waals surface area contributed by atoms with Crippen molar-refractivity contribution in [3.63, 3.8) is 0 Å². The van der Waals surface area contributed by atoms with Crippen LogP contribution in [0.1, 0.15) is 15.9 Å². The molecule has 0 radical (unpaired) electrons. The molecule has 0 N–H and O–H groups in total. The van der Waals surface area contributed by atoms with Gasteiger partial charge in [0.25, 0.3) is 6.08 Å². The van der Waals surface area contributed by atoms with E-state index < -0.39 is 6.08 Å². The monoisotopic (exact) mass is 246 g/mol. The van der Waals surface area contributed by atoms with Gasteiger partial charge in [-0.25, -0.2) is 0 Å². The van der Waals surface area contributed by atoms with Crippen molar-refractivity contribution in [1.82, 2.24) is 0 Å². The molecule has 0 aromatic heterocycles. The third-order valence-corrected chi connectivity index (χ3v) is 2.07. The van der Waals surface area contributed by atoms with Gasteiger partial charge in [0.05, 0.1) is 0 Å². The predicted molar refractivity (Wildman–Crippen MR) is 67.7 cm³/mol. The highest BCUT2D eigenvalue weighted by Gasteiger charge is 2.06. The molecule has 92 valence electrons. The van der Waals surface area contributed by atoms with Crippen LogP contribution in [0.3, 0.4) is 0 Å². The average Bonchev–Trinajstić information content (AvgIpc) is 2.39. The van der Waals surface area contributed by atoms with E-state index in [1.54, 1.807) is 0 Å². The van der Waals surface area contributed by atoms with Crippen molar-refractivity contribution in [2.45, 2.75) is 0 Å². The van der Waals surface area contributed by atoms with Crippen molar-refractivity contribution >= 4 is 5.78 Å². The second kappa shape index (κ2) is 7.12. The number of benzene rings is 2. The number of carbonyl (C=O) groups excluding carboxylic acids is 1. The van der Waals surface area contributed by atoms with Gasteiger partial charge in [-0.05, 0) is 6.58 Å². The molecule has 0 aliphatic heterocycles.